The largest absolute Gasteiger partial charge is 0.444 e. The van der Waals surface area contributed by atoms with Gasteiger partial charge in [-0.25, -0.2) is 4.79 Å². The molecule has 41 heavy (non-hydrogen) atoms. The van der Waals surface area contributed by atoms with Gasteiger partial charge in [0, 0.05) is 11.4 Å². The Morgan fingerprint density at radius 3 is 2.24 bits per heavy atom. The number of benzene rings is 1. The lowest BCUT2D eigenvalue weighted by atomic mass is 9.85. The number of likely N-dealkylation sites (tertiary alicyclic amines) is 1. The summed E-state index contributed by atoms with van der Waals surface area (Å²) in [6.07, 6.45) is 3.59. The number of carbonyl (C=O) groups excluding carboxylic acids is 3. The highest BCUT2D eigenvalue weighted by molar-refractivity contribution is 8.10. The van der Waals surface area contributed by atoms with E-state index in [2.05, 4.69) is 42.9 Å². The fraction of sp³-hybridized carbons (Fsp3) is 0.594. The summed E-state index contributed by atoms with van der Waals surface area (Å²) in [6.45, 7) is 17.3. The Kier molecular flexibility index (Phi) is 12.5. The summed E-state index contributed by atoms with van der Waals surface area (Å²) in [4.78, 5) is 42.4. The van der Waals surface area contributed by atoms with Gasteiger partial charge in [-0.1, -0.05) is 75.4 Å². The average Bonchev–Trinajstić information content (AvgIpc) is 3.36. The fourth-order valence-corrected chi connectivity index (χ4v) is 5.53. The van der Waals surface area contributed by atoms with Crippen LogP contribution < -0.4 is 10.6 Å². The monoisotopic (exact) mass is 587 g/mol. The van der Waals surface area contributed by atoms with Crippen molar-refractivity contribution >= 4 is 34.6 Å². The van der Waals surface area contributed by atoms with Crippen molar-refractivity contribution in [2.75, 3.05) is 13.2 Å². The van der Waals surface area contributed by atoms with Crippen LogP contribution in [0, 0.1) is 5.41 Å². The normalized spacial score (nSPS) is 17.2. The van der Waals surface area contributed by atoms with Crippen molar-refractivity contribution in [2.24, 2.45) is 5.41 Å². The molecular formula is C32H49N3O5S. The summed E-state index contributed by atoms with van der Waals surface area (Å²) >= 11 is 1.68. The maximum atomic E-state index is 13.7. The lowest BCUT2D eigenvalue weighted by Gasteiger charge is -2.36. The second-order valence-corrected chi connectivity index (χ2v) is 13.6. The van der Waals surface area contributed by atoms with Gasteiger partial charge in [0.1, 0.15) is 17.7 Å². The Hall–Kier alpha value is -2.78. The molecule has 228 valence electrons. The minimum Gasteiger partial charge on any atom is -0.444 e. The molecule has 1 aromatic carbocycles. The van der Waals surface area contributed by atoms with Crippen molar-refractivity contribution < 1.29 is 24.2 Å². The molecule has 2 unspecified atom stereocenters. The van der Waals surface area contributed by atoms with Crippen molar-refractivity contribution in [1.82, 2.24) is 15.5 Å². The number of ether oxygens (including phenoxy) is 1. The van der Waals surface area contributed by atoms with Crippen molar-refractivity contribution in [1.29, 1.82) is 0 Å². The van der Waals surface area contributed by atoms with E-state index in [0.717, 1.165) is 17.5 Å². The molecule has 0 radical (unpaired) electrons. The number of hydrogen-bond acceptors (Lipinski definition) is 6. The van der Waals surface area contributed by atoms with E-state index in [-0.39, 0.29) is 18.4 Å². The molecular weight excluding hydrogens is 538 g/mol. The van der Waals surface area contributed by atoms with Gasteiger partial charge < -0.3 is 25.4 Å². The SMILES string of the molecule is CC/C=C\SC(=C(C)C)c1ccc(C(CO)NC(=O)[C@@H]2CCCN2C(=O)C(NC(=O)OC(C)(C)C)C(C)(C)C)cc1. The van der Waals surface area contributed by atoms with Gasteiger partial charge >= 0.3 is 6.09 Å². The number of alkyl carbamates (subject to hydrolysis) is 1. The lowest BCUT2D eigenvalue weighted by molar-refractivity contribution is -0.142. The van der Waals surface area contributed by atoms with Gasteiger partial charge in [-0.2, -0.15) is 0 Å². The maximum absolute atomic E-state index is 13.7. The Balaban J connectivity index is 2.18. The number of aliphatic hydroxyl groups excluding tert-OH is 1. The standard InChI is InChI=1S/C32H49N3O5S/c1-10-11-19-41-26(21(2)3)23-16-14-22(15-17-23)24(20-36)33-28(37)25-13-12-18-35(25)29(38)27(31(4,5)6)34-30(39)40-32(7,8)9/h11,14-17,19,24-25,27,36H,10,12-13,18,20H2,1-9H3,(H,33,37)(H,34,39)/b19-11-/t24?,25-,27?/m0/s1. The number of amides is 3. The van der Waals surface area contributed by atoms with E-state index >= 15 is 0 Å². The van der Waals surface area contributed by atoms with Gasteiger partial charge in [-0.05, 0) is 75.8 Å². The molecule has 3 N–H and O–H groups in total. The summed E-state index contributed by atoms with van der Waals surface area (Å²) in [7, 11) is 0. The number of nitrogens with one attached hydrogen (secondary N) is 2. The zero-order chi connectivity index (χ0) is 31.0. The van der Waals surface area contributed by atoms with E-state index in [1.165, 1.54) is 10.5 Å². The molecule has 0 saturated carbocycles. The molecule has 2 rings (SSSR count). The predicted molar refractivity (Wildman–Crippen MR) is 167 cm³/mol. The molecule has 8 nitrogen and oxygen atoms in total. The van der Waals surface area contributed by atoms with E-state index in [9.17, 15) is 19.5 Å². The molecule has 9 heteroatoms. The van der Waals surface area contributed by atoms with Gasteiger partial charge in [0.05, 0.1) is 12.6 Å². The Morgan fingerprint density at radius 2 is 1.73 bits per heavy atom. The van der Waals surface area contributed by atoms with Crippen molar-refractivity contribution in [3.8, 4) is 0 Å². The first-order chi connectivity index (χ1) is 19.1. The van der Waals surface area contributed by atoms with Crippen LogP contribution in [0.4, 0.5) is 4.79 Å². The van der Waals surface area contributed by atoms with Crippen LogP contribution in [0.1, 0.15) is 98.7 Å². The second-order valence-electron chi connectivity index (χ2n) is 12.7. The Bertz CT molecular complexity index is 1110. The molecule has 0 bridgehead atoms. The molecule has 1 heterocycles. The first-order valence-electron chi connectivity index (χ1n) is 14.4. The van der Waals surface area contributed by atoms with Crippen LogP contribution in [0.5, 0.6) is 0 Å². The summed E-state index contributed by atoms with van der Waals surface area (Å²) in [5.41, 5.74) is 1.74. The third-order valence-electron chi connectivity index (χ3n) is 6.66. The van der Waals surface area contributed by atoms with Crippen LogP contribution in [0.3, 0.4) is 0 Å². The minimum absolute atomic E-state index is 0.278. The van der Waals surface area contributed by atoms with E-state index in [4.69, 9.17) is 4.74 Å². The molecule has 0 spiro atoms. The number of allylic oxidation sites excluding steroid dienone is 2. The van der Waals surface area contributed by atoms with Crippen LogP contribution in [-0.2, 0) is 14.3 Å². The molecule has 1 fully saturated rings. The summed E-state index contributed by atoms with van der Waals surface area (Å²) in [5.74, 6) is -0.649. The topological polar surface area (TPSA) is 108 Å². The van der Waals surface area contributed by atoms with Gasteiger partial charge in [-0.3, -0.25) is 9.59 Å². The highest BCUT2D eigenvalue weighted by Crippen LogP contribution is 2.33. The van der Waals surface area contributed by atoms with Crippen molar-refractivity contribution in [3.05, 3.63) is 52.4 Å². The van der Waals surface area contributed by atoms with Gasteiger partial charge in [0.2, 0.25) is 11.8 Å². The van der Waals surface area contributed by atoms with E-state index in [1.807, 2.05) is 45.0 Å². The highest BCUT2D eigenvalue weighted by Gasteiger charge is 2.42. The fourth-order valence-electron chi connectivity index (χ4n) is 4.60. The summed E-state index contributed by atoms with van der Waals surface area (Å²) < 4.78 is 5.39. The molecule has 1 aliphatic rings. The van der Waals surface area contributed by atoms with Crippen LogP contribution >= 0.6 is 11.8 Å². The van der Waals surface area contributed by atoms with Crippen LogP contribution in [0.25, 0.3) is 4.91 Å². The Morgan fingerprint density at radius 1 is 1.10 bits per heavy atom. The number of hydrogen-bond donors (Lipinski definition) is 3. The zero-order valence-corrected chi connectivity index (χ0v) is 27.0. The van der Waals surface area contributed by atoms with Crippen LogP contribution in [-0.4, -0.2) is 58.8 Å². The van der Waals surface area contributed by atoms with Crippen LogP contribution in [0.2, 0.25) is 0 Å². The molecule has 3 atom stereocenters. The Labute approximate surface area is 250 Å². The van der Waals surface area contributed by atoms with E-state index in [0.29, 0.717) is 19.4 Å². The van der Waals surface area contributed by atoms with E-state index < -0.39 is 35.2 Å². The molecule has 3 amide bonds. The maximum Gasteiger partial charge on any atom is 0.408 e. The summed E-state index contributed by atoms with van der Waals surface area (Å²) in [5, 5.41) is 17.9. The van der Waals surface area contributed by atoms with Crippen molar-refractivity contribution in [2.45, 2.75) is 105 Å². The van der Waals surface area contributed by atoms with Crippen LogP contribution in [0.15, 0.2) is 41.3 Å². The second kappa shape index (κ2) is 14.9. The lowest BCUT2D eigenvalue weighted by Crippen LogP contribution is -2.58. The third-order valence-corrected chi connectivity index (χ3v) is 7.87. The molecule has 1 aliphatic heterocycles. The van der Waals surface area contributed by atoms with Gasteiger partial charge in [0.25, 0.3) is 0 Å². The number of aliphatic hydroxyl groups is 1. The molecule has 1 saturated heterocycles. The smallest absolute Gasteiger partial charge is 0.408 e. The van der Waals surface area contributed by atoms with E-state index in [1.54, 1.807) is 37.4 Å². The quantitative estimate of drug-likeness (QED) is 0.302. The predicted octanol–water partition coefficient (Wildman–Crippen LogP) is 6.17. The first kappa shape index (κ1) is 34.4. The number of thioether (sulfide) groups is 1. The number of rotatable bonds is 10. The summed E-state index contributed by atoms with van der Waals surface area (Å²) in [6, 6.07) is 5.65. The van der Waals surface area contributed by atoms with Crippen molar-refractivity contribution in [3.63, 3.8) is 0 Å². The molecule has 0 aliphatic carbocycles. The first-order valence-corrected chi connectivity index (χ1v) is 15.3. The highest BCUT2D eigenvalue weighted by atomic mass is 32.2. The minimum atomic E-state index is -0.874. The number of carbonyl (C=O) groups is 3. The molecule has 0 aromatic heterocycles. The third kappa shape index (κ3) is 10.2. The van der Waals surface area contributed by atoms with Gasteiger partial charge in [0.15, 0.2) is 0 Å². The average molecular weight is 588 g/mol. The van der Waals surface area contributed by atoms with Gasteiger partial charge in [-0.15, -0.1) is 0 Å². The number of nitrogens with zero attached hydrogens (tertiary/aromatic N) is 1. The molecule has 1 aromatic rings. The zero-order valence-electron chi connectivity index (χ0n) is 26.2.